The molecule has 0 spiro atoms. The number of rotatable bonds is 8. The van der Waals surface area contributed by atoms with Gasteiger partial charge in [0.05, 0.1) is 11.3 Å². The van der Waals surface area contributed by atoms with Crippen LogP contribution in [-0.4, -0.2) is 32.3 Å². The van der Waals surface area contributed by atoms with Crippen LogP contribution in [0.3, 0.4) is 0 Å². The molecule has 3 rings (SSSR count). The van der Waals surface area contributed by atoms with E-state index in [1.165, 1.54) is 0 Å². The maximum Gasteiger partial charge on any atom is 0.512 e. The van der Waals surface area contributed by atoms with Crippen molar-refractivity contribution in [2.45, 2.75) is 39.5 Å². The standard InChI is InChI=1S/C22H23N3O5/c1-3-7-15-16(11-10-14-8-5-4-6-9-14)25-12-13(2)24-21(30-22(28)29)18(25)17(15)19(26)20(23)27/h4-6,8-9,12H,3,7,10-11H2,1-2H3,(H2,23,27)(H,28,29). The Morgan fingerprint density at radius 1 is 1.13 bits per heavy atom. The number of ketones is 1. The highest BCUT2D eigenvalue weighted by molar-refractivity contribution is 6.44. The molecule has 2 aromatic heterocycles. The lowest BCUT2D eigenvalue weighted by atomic mass is 9.98. The summed E-state index contributed by atoms with van der Waals surface area (Å²) >= 11 is 0. The fourth-order valence-corrected chi connectivity index (χ4v) is 3.69. The number of primary amides is 1. The summed E-state index contributed by atoms with van der Waals surface area (Å²) in [5.41, 5.74) is 8.62. The molecule has 8 nitrogen and oxygen atoms in total. The SMILES string of the molecule is CCCc1c(C(=O)C(N)=O)c2c(OC(=O)O)nc(C)cn2c1CCc1ccccc1. The Balaban J connectivity index is 2.28. The van der Waals surface area contributed by atoms with Gasteiger partial charge in [-0.1, -0.05) is 43.7 Å². The maximum absolute atomic E-state index is 12.7. The van der Waals surface area contributed by atoms with Crippen molar-refractivity contribution in [3.8, 4) is 5.88 Å². The molecule has 30 heavy (non-hydrogen) atoms. The minimum absolute atomic E-state index is 0.0659. The van der Waals surface area contributed by atoms with Crippen LogP contribution < -0.4 is 10.5 Å². The van der Waals surface area contributed by atoms with Gasteiger partial charge in [0.25, 0.3) is 17.6 Å². The van der Waals surface area contributed by atoms with Gasteiger partial charge in [0.2, 0.25) is 0 Å². The van der Waals surface area contributed by atoms with Crippen molar-refractivity contribution in [2.24, 2.45) is 5.73 Å². The number of aryl methyl sites for hydroxylation is 3. The second-order valence-electron chi connectivity index (χ2n) is 7.00. The number of carboxylic acid groups (broad SMARTS) is 1. The minimum atomic E-state index is -1.56. The first-order valence-electron chi connectivity index (χ1n) is 9.65. The van der Waals surface area contributed by atoms with E-state index in [9.17, 15) is 14.4 Å². The van der Waals surface area contributed by atoms with Crippen molar-refractivity contribution in [3.63, 3.8) is 0 Å². The molecule has 0 bridgehead atoms. The summed E-state index contributed by atoms with van der Waals surface area (Å²) in [6, 6.07) is 9.86. The molecule has 0 unspecified atom stereocenters. The van der Waals surface area contributed by atoms with Crippen molar-refractivity contribution in [1.82, 2.24) is 9.38 Å². The molecule has 3 aromatic rings. The summed E-state index contributed by atoms with van der Waals surface area (Å²) in [7, 11) is 0. The highest BCUT2D eigenvalue weighted by Crippen LogP contribution is 2.32. The predicted octanol–water partition coefficient (Wildman–Crippen LogP) is 3.11. The second-order valence-corrected chi connectivity index (χ2v) is 7.00. The van der Waals surface area contributed by atoms with Gasteiger partial charge in [-0.25, -0.2) is 9.78 Å². The molecule has 0 atom stereocenters. The lowest BCUT2D eigenvalue weighted by Gasteiger charge is -2.09. The third-order valence-electron chi connectivity index (χ3n) is 4.84. The number of Topliss-reactive ketones (excluding diaryl/α,β-unsaturated/α-hetero) is 1. The number of amides is 1. The van der Waals surface area contributed by atoms with Crippen LogP contribution >= 0.6 is 0 Å². The maximum atomic E-state index is 12.7. The van der Waals surface area contributed by atoms with Crippen LogP contribution in [0.1, 0.15) is 46.2 Å². The molecular weight excluding hydrogens is 386 g/mol. The minimum Gasteiger partial charge on any atom is -0.449 e. The summed E-state index contributed by atoms with van der Waals surface area (Å²) in [5.74, 6) is -2.24. The Hall–Kier alpha value is -3.68. The van der Waals surface area contributed by atoms with Crippen LogP contribution in [0.5, 0.6) is 5.88 Å². The van der Waals surface area contributed by atoms with E-state index in [1.54, 1.807) is 17.5 Å². The normalized spacial score (nSPS) is 10.9. The summed E-state index contributed by atoms with van der Waals surface area (Å²) < 4.78 is 6.58. The van der Waals surface area contributed by atoms with Gasteiger partial charge in [-0.2, -0.15) is 0 Å². The molecule has 0 fully saturated rings. The van der Waals surface area contributed by atoms with Gasteiger partial charge >= 0.3 is 6.16 Å². The Bertz CT molecular complexity index is 1120. The molecule has 1 aromatic carbocycles. The average molecular weight is 409 g/mol. The summed E-state index contributed by atoms with van der Waals surface area (Å²) in [6.45, 7) is 3.66. The summed E-state index contributed by atoms with van der Waals surface area (Å²) in [6.07, 6.45) is 2.66. The molecule has 0 aliphatic rings. The first kappa shape index (κ1) is 21.0. The monoisotopic (exact) mass is 409 g/mol. The van der Waals surface area contributed by atoms with E-state index in [1.807, 2.05) is 37.3 Å². The lowest BCUT2D eigenvalue weighted by Crippen LogP contribution is -2.24. The third kappa shape index (κ3) is 4.17. The van der Waals surface area contributed by atoms with E-state index in [-0.39, 0.29) is 17.0 Å². The molecule has 0 saturated heterocycles. The van der Waals surface area contributed by atoms with Crippen molar-refractivity contribution in [1.29, 1.82) is 0 Å². The number of benzene rings is 1. The Labute approximate surface area is 173 Å². The van der Waals surface area contributed by atoms with Crippen molar-refractivity contribution in [2.75, 3.05) is 0 Å². The lowest BCUT2D eigenvalue weighted by molar-refractivity contribution is -0.114. The van der Waals surface area contributed by atoms with Gasteiger partial charge in [0.15, 0.2) is 0 Å². The van der Waals surface area contributed by atoms with E-state index in [0.717, 1.165) is 17.7 Å². The molecule has 0 saturated carbocycles. The van der Waals surface area contributed by atoms with Gasteiger partial charge in [0.1, 0.15) is 5.52 Å². The van der Waals surface area contributed by atoms with E-state index in [2.05, 4.69) is 4.98 Å². The molecule has 1 amide bonds. The van der Waals surface area contributed by atoms with Crippen LogP contribution in [0, 0.1) is 6.92 Å². The highest BCUT2D eigenvalue weighted by Gasteiger charge is 2.29. The molecule has 8 heteroatoms. The topological polar surface area (TPSA) is 124 Å². The average Bonchev–Trinajstić information content (AvgIpc) is 2.99. The first-order chi connectivity index (χ1) is 14.3. The smallest absolute Gasteiger partial charge is 0.449 e. The zero-order valence-corrected chi connectivity index (χ0v) is 16.8. The van der Waals surface area contributed by atoms with Gasteiger partial charge in [-0.15, -0.1) is 0 Å². The van der Waals surface area contributed by atoms with E-state index in [4.69, 9.17) is 15.6 Å². The number of carbonyl (C=O) groups is 3. The van der Waals surface area contributed by atoms with Gasteiger partial charge in [-0.05, 0) is 37.3 Å². The number of nitrogens with zero attached hydrogens (tertiary/aromatic N) is 2. The third-order valence-corrected chi connectivity index (χ3v) is 4.84. The van der Waals surface area contributed by atoms with E-state index < -0.39 is 17.8 Å². The quantitative estimate of drug-likeness (QED) is 0.335. The van der Waals surface area contributed by atoms with Crippen molar-refractivity contribution >= 4 is 23.4 Å². The van der Waals surface area contributed by atoms with Crippen LogP contribution in [0.4, 0.5) is 4.79 Å². The number of ether oxygens (including phenoxy) is 1. The fraction of sp³-hybridized carbons (Fsp3) is 0.273. The molecular formula is C22H23N3O5. The number of aromatic nitrogens is 2. The Morgan fingerprint density at radius 3 is 2.43 bits per heavy atom. The zero-order valence-electron chi connectivity index (χ0n) is 16.8. The second kappa shape index (κ2) is 8.77. The molecule has 2 heterocycles. The van der Waals surface area contributed by atoms with Crippen LogP contribution in [0.25, 0.3) is 5.52 Å². The first-order valence-corrected chi connectivity index (χ1v) is 9.65. The number of hydrogen-bond acceptors (Lipinski definition) is 5. The largest absolute Gasteiger partial charge is 0.512 e. The van der Waals surface area contributed by atoms with E-state index in [0.29, 0.717) is 30.5 Å². The Kier molecular flexibility index (Phi) is 6.15. The van der Waals surface area contributed by atoms with Crippen molar-refractivity contribution < 1.29 is 24.2 Å². The van der Waals surface area contributed by atoms with Gasteiger partial charge in [0, 0.05) is 11.9 Å². The van der Waals surface area contributed by atoms with Gasteiger partial charge < -0.3 is 20.0 Å². The fourth-order valence-electron chi connectivity index (χ4n) is 3.69. The number of fused-ring (bicyclic) bond motifs is 1. The zero-order chi connectivity index (χ0) is 21.8. The van der Waals surface area contributed by atoms with Crippen LogP contribution in [0.2, 0.25) is 0 Å². The molecule has 0 aliphatic carbocycles. The molecule has 3 N–H and O–H groups in total. The highest BCUT2D eigenvalue weighted by atomic mass is 16.7. The molecule has 156 valence electrons. The Morgan fingerprint density at radius 2 is 1.83 bits per heavy atom. The van der Waals surface area contributed by atoms with Crippen LogP contribution in [-0.2, 0) is 24.1 Å². The van der Waals surface area contributed by atoms with Crippen LogP contribution in [0.15, 0.2) is 36.5 Å². The number of nitrogens with two attached hydrogens (primary N) is 1. The number of carbonyl (C=O) groups excluding carboxylic acids is 2. The summed E-state index contributed by atoms with van der Waals surface area (Å²) in [5, 5.41) is 9.14. The molecule has 0 radical (unpaired) electrons. The molecule has 0 aliphatic heterocycles. The van der Waals surface area contributed by atoms with Crippen molar-refractivity contribution in [3.05, 3.63) is 64.6 Å². The number of hydrogen-bond donors (Lipinski definition) is 2. The predicted molar refractivity (Wildman–Crippen MR) is 110 cm³/mol. The van der Waals surface area contributed by atoms with E-state index >= 15 is 0 Å². The van der Waals surface area contributed by atoms with Gasteiger partial charge in [-0.3, -0.25) is 9.59 Å². The summed E-state index contributed by atoms with van der Waals surface area (Å²) in [4.78, 5) is 39.9.